The zero-order valence-electron chi connectivity index (χ0n) is 11.9. The Morgan fingerprint density at radius 2 is 1.71 bits per heavy atom. The minimum atomic E-state index is -0.227. The largest absolute Gasteiger partial charge is 0.352 e. The van der Waals surface area contributed by atoms with Crippen LogP contribution in [-0.4, -0.2) is 26.4 Å². The third-order valence-corrected chi connectivity index (χ3v) is 5.57. The first kappa shape index (κ1) is 13.3. The van der Waals surface area contributed by atoms with Crippen LogP contribution in [0.15, 0.2) is 30.3 Å². The molecule has 6 heteroatoms. The Kier molecular flexibility index (Phi) is 2.72. The molecule has 2 saturated heterocycles. The monoisotopic (exact) mass is 318 g/mol. The lowest BCUT2D eigenvalue weighted by Gasteiger charge is -2.46. The summed E-state index contributed by atoms with van der Waals surface area (Å²) in [5.41, 5.74) is 0.747. The Hall–Kier alpha value is -1.40. The van der Waals surface area contributed by atoms with E-state index in [9.17, 15) is 0 Å². The first-order valence-corrected chi connectivity index (χ1v) is 8.19. The van der Waals surface area contributed by atoms with Gasteiger partial charge >= 0.3 is 0 Å². The van der Waals surface area contributed by atoms with Crippen molar-refractivity contribution < 1.29 is 0 Å². The lowest BCUT2D eigenvalue weighted by Crippen LogP contribution is -2.65. The molecule has 1 spiro atoms. The number of anilines is 1. The molecule has 0 amide bonds. The summed E-state index contributed by atoms with van der Waals surface area (Å²) in [7, 11) is 0. The second-order valence-corrected chi connectivity index (χ2v) is 6.99. The zero-order chi connectivity index (χ0) is 14.7. The van der Waals surface area contributed by atoms with Crippen LogP contribution < -0.4 is 15.6 Å². The molecule has 3 fully saturated rings. The molecule has 1 saturated carbocycles. The summed E-state index contributed by atoms with van der Waals surface area (Å²) in [5.74, 6) is 0. The zero-order valence-corrected chi connectivity index (χ0v) is 13.6. The Balaban J connectivity index is 1.84. The summed E-state index contributed by atoms with van der Waals surface area (Å²) in [4.78, 5) is 0. The van der Waals surface area contributed by atoms with Crippen LogP contribution in [0.3, 0.4) is 0 Å². The van der Waals surface area contributed by atoms with E-state index in [1.807, 2.05) is 23.2 Å². The topological polar surface area (TPSA) is 30.5 Å². The molecule has 2 unspecified atom stereocenters. The van der Waals surface area contributed by atoms with Crippen molar-refractivity contribution in [3.05, 3.63) is 30.3 Å². The van der Waals surface area contributed by atoms with Crippen molar-refractivity contribution in [1.29, 1.82) is 0 Å². The molecule has 2 N–H and O–H groups in total. The first-order valence-electron chi connectivity index (χ1n) is 7.37. The van der Waals surface area contributed by atoms with Crippen LogP contribution in [0.25, 0.3) is 0 Å². The number of hydrogen-bond acceptors (Lipinski definition) is 2. The highest BCUT2D eigenvalue weighted by Gasteiger charge is 2.66. The van der Waals surface area contributed by atoms with Gasteiger partial charge in [0.25, 0.3) is 0 Å². The second-order valence-electron chi connectivity index (χ2n) is 6.22. The van der Waals surface area contributed by atoms with E-state index in [4.69, 9.17) is 24.4 Å². The molecule has 21 heavy (non-hydrogen) atoms. The van der Waals surface area contributed by atoms with E-state index in [1.165, 1.54) is 12.8 Å². The fourth-order valence-electron chi connectivity index (χ4n) is 3.95. The molecular weight excluding hydrogens is 300 g/mol. The summed E-state index contributed by atoms with van der Waals surface area (Å²) >= 11 is 11.3. The number of rotatable bonds is 1. The molecule has 2 aliphatic heterocycles. The van der Waals surface area contributed by atoms with E-state index < -0.39 is 0 Å². The number of para-hydroxylation sites is 1. The maximum absolute atomic E-state index is 5.64. The van der Waals surface area contributed by atoms with Crippen molar-refractivity contribution in [2.75, 3.05) is 5.01 Å². The molecule has 1 aromatic carbocycles. The highest BCUT2D eigenvalue weighted by molar-refractivity contribution is 7.81. The number of nitrogens with zero attached hydrogens (tertiary/aromatic N) is 2. The van der Waals surface area contributed by atoms with E-state index in [2.05, 4.69) is 34.7 Å². The number of hydrazine groups is 1. The van der Waals surface area contributed by atoms with Gasteiger partial charge in [-0.2, -0.15) is 0 Å². The summed E-state index contributed by atoms with van der Waals surface area (Å²) in [6.45, 7) is 2.25. The van der Waals surface area contributed by atoms with E-state index in [0.717, 1.165) is 28.8 Å². The summed E-state index contributed by atoms with van der Waals surface area (Å²) in [5, 5.41) is 12.8. The normalized spacial score (nSPS) is 34.3. The average molecular weight is 318 g/mol. The van der Waals surface area contributed by atoms with Crippen LogP contribution in [0.1, 0.15) is 32.6 Å². The third kappa shape index (κ3) is 1.60. The van der Waals surface area contributed by atoms with Gasteiger partial charge in [-0.05, 0) is 62.8 Å². The van der Waals surface area contributed by atoms with Gasteiger partial charge in [0.05, 0.1) is 11.2 Å². The molecule has 0 bridgehead atoms. The van der Waals surface area contributed by atoms with E-state index in [-0.39, 0.29) is 11.2 Å². The Bertz CT molecular complexity index is 619. The smallest absolute Gasteiger partial charge is 0.194 e. The van der Waals surface area contributed by atoms with Crippen molar-refractivity contribution >= 4 is 40.3 Å². The molecule has 0 aromatic heterocycles. The van der Waals surface area contributed by atoms with Crippen LogP contribution in [0, 0.1) is 0 Å². The minimum absolute atomic E-state index is 0.0735. The Morgan fingerprint density at radius 1 is 1.00 bits per heavy atom. The molecule has 1 aromatic rings. The van der Waals surface area contributed by atoms with Crippen molar-refractivity contribution in [1.82, 2.24) is 15.6 Å². The maximum Gasteiger partial charge on any atom is 0.194 e. The molecule has 1 aliphatic carbocycles. The van der Waals surface area contributed by atoms with Crippen molar-refractivity contribution in [2.24, 2.45) is 0 Å². The summed E-state index contributed by atoms with van der Waals surface area (Å²) < 4.78 is 0. The quantitative estimate of drug-likeness (QED) is 0.774. The Morgan fingerprint density at radius 3 is 2.48 bits per heavy atom. The lowest BCUT2D eigenvalue weighted by molar-refractivity contribution is 0.0728. The number of thiocarbonyl (C=S) groups is 2. The molecule has 4 rings (SSSR count). The van der Waals surface area contributed by atoms with Crippen LogP contribution in [0.5, 0.6) is 0 Å². The summed E-state index contributed by atoms with van der Waals surface area (Å²) in [6.07, 6.45) is 4.55. The van der Waals surface area contributed by atoms with Gasteiger partial charge in [0.15, 0.2) is 15.9 Å². The van der Waals surface area contributed by atoms with E-state index >= 15 is 0 Å². The predicted octanol–water partition coefficient (Wildman–Crippen LogP) is 2.52. The van der Waals surface area contributed by atoms with Gasteiger partial charge in [0.1, 0.15) is 0 Å². The standard InChI is InChI=1S/C15H18N4S2/c1-14-9-5-6-10-15(14)17-12(20)18(19(15)13(21)16-14)11-7-3-2-4-8-11/h2-4,7-8H,5-6,9-10H2,1H3,(H,16,21)(H,17,20). The number of hydrogen-bond donors (Lipinski definition) is 2. The van der Waals surface area contributed by atoms with Crippen LogP contribution in [0.4, 0.5) is 5.69 Å². The number of benzene rings is 1. The molecule has 2 atom stereocenters. The van der Waals surface area contributed by atoms with Gasteiger partial charge in [0, 0.05) is 0 Å². The molecule has 2 heterocycles. The molecule has 4 nitrogen and oxygen atoms in total. The van der Waals surface area contributed by atoms with E-state index in [0.29, 0.717) is 0 Å². The highest BCUT2D eigenvalue weighted by atomic mass is 32.1. The second kappa shape index (κ2) is 4.30. The Labute approximate surface area is 135 Å². The van der Waals surface area contributed by atoms with Crippen molar-refractivity contribution in [2.45, 2.75) is 43.8 Å². The van der Waals surface area contributed by atoms with Crippen LogP contribution >= 0.6 is 24.4 Å². The van der Waals surface area contributed by atoms with Gasteiger partial charge in [-0.1, -0.05) is 24.6 Å². The van der Waals surface area contributed by atoms with Crippen molar-refractivity contribution in [3.63, 3.8) is 0 Å². The van der Waals surface area contributed by atoms with Gasteiger partial charge in [-0.15, -0.1) is 0 Å². The predicted molar refractivity (Wildman–Crippen MR) is 91.8 cm³/mol. The van der Waals surface area contributed by atoms with Crippen molar-refractivity contribution in [3.8, 4) is 0 Å². The van der Waals surface area contributed by atoms with E-state index in [1.54, 1.807) is 0 Å². The maximum atomic E-state index is 5.64. The molecule has 3 aliphatic rings. The molecule has 110 valence electrons. The highest BCUT2D eigenvalue weighted by Crippen LogP contribution is 2.48. The SMILES string of the molecule is CC12CCCCC13NC(=S)N(c1ccccc1)N3C(=S)N2. The summed E-state index contributed by atoms with van der Waals surface area (Å²) in [6, 6.07) is 10.2. The number of nitrogens with one attached hydrogen (secondary N) is 2. The minimum Gasteiger partial charge on any atom is -0.352 e. The average Bonchev–Trinajstić information content (AvgIpc) is 2.88. The van der Waals surface area contributed by atoms with Gasteiger partial charge in [-0.25, -0.2) is 10.0 Å². The van der Waals surface area contributed by atoms with Gasteiger partial charge in [-0.3, -0.25) is 0 Å². The van der Waals surface area contributed by atoms with Gasteiger partial charge < -0.3 is 10.6 Å². The fourth-order valence-corrected chi connectivity index (χ4v) is 4.77. The van der Waals surface area contributed by atoms with Crippen LogP contribution in [-0.2, 0) is 0 Å². The fraction of sp³-hybridized carbons (Fsp3) is 0.467. The lowest BCUT2D eigenvalue weighted by atomic mass is 9.74. The molecular formula is C15H18N4S2. The third-order valence-electron chi connectivity index (χ3n) is 5.02. The van der Waals surface area contributed by atoms with Gasteiger partial charge in [0.2, 0.25) is 0 Å². The van der Waals surface area contributed by atoms with Crippen LogP contribution in [0.2, 0.25) is 0 Å². The molecule has 0 radical (unpaired) electrons. The first-order chi connectivity index (χ1) is 10.1.